The second kappa shape index (κ2) is 5.58. The number of nitrogen functional groups attached to an aromatic ring is 2. The van der Waals surface area contributed by atoms with Crippen molar-refractivity contribution in [3.05, 3.63) is 35.9 Å². The number of ether oxygens (including phenoxy) is 1. The van der Waals surface area contributed by atoms with Crippen molar-refractivity contribution in [3.8, 4) is 5.75 Å². The van der Waals surface area contributed by atoms with E-state index in [2.05, 4.69) is 16.0 Å². The van der Waals surface area contributed by atoms with Crippen LogP contribution in [-0.2, 0) is 0 Å². The van der Waals surface area contributed by atoms with Gasteiger partial charge in [0.05, 0.1) is 6.61 Å². The van der Waals surface area contributed by atoms with Gasteiger partial charge in [-0.15, -0.1) is 0 Å². The fourth-order valence-corrected chi connectivity index (χ4v) is 3.33. The molecule has 0 aliphatic carbocycles. The van der Waals surface area contributed by atoms with Crippen LogP contribution in [0.5, 0.6) is 5.75 Å². The Morgan fingerprint density at radius 2 is 1.95 bits per heavy atom. The normalized spacial score (nSPS) is 17.3. The molecular formula is C14H16N4OS. The van der Waals surface area contributed by atoms with E-state index in [1.807, 2.05) is 18.2 Å². The van der Waals surface area contributed by atoms with Gasteiger partial charge in [0.1, 0.15) is 17.4 Å². The number of aromatic nitrogens is 2. The molecule has 0 bridgehead atoms. The molecule has 1 aliphatic rings. The highest BCUT2D eigenvalue weighted by molar-refractivity contribution is 7.99. The first kappa shape index (κ1) is 13.1. The van der Waals surface area contributed by atoms with Crippen molar-refractivity contribution >= 4 is 23.4 Å². The van der Waals surface area contributed by atoms with Crippen LogP contribution in [0.15, 0.2) is 35.5 Å². The van der Waals surface area contributed by atoms with Crippen molar-refractivity contribution in [2.24, 2.45) is 0 Å². The summed E-state index contributed by atoms with van der Waals surface area (Å²) < 4.78 is 5.66. The molecule has 1 unspecified atom stereocenters. The third-order valence-corrected chi connectivity index (χ3v) is 4.25. The molecule has 0 spiro atoms. The van der Waals surface area contributed by atoms with Crippen LogP contribution in [-0.4, -0.2) is 22.3 Å². The number of anilines is 2. The van der Waals surface area contributed by atoms with E-state index in [0.29, 0.717) is 22.7 Å². The molecule has 1 aromatic heterocycles. The van der Waals surface area contributed by atoms with Crippen LogP contribution in [0.4, 0.5) is 11.6 Å². The fourth-order valence-electron chi connectivity index (χ4n) is 2.29. The Balaban J connectivity index is 1.73. The third-order valence-electron chi connectivity index (χ3n) is 3.24. The highest BCUT2D eigenvalue weighted by atomic mass is 32.2. The number of nitrogens with two attached hydrogens (primary N) is 2. The Labute approximate surface area is 121 Å². The Kier molecular flexibility index (Phi) is 3.64. The fraction of sp³-hybridized carbons (Fsp3) is 0.286. The smallest absolute Gasteiger partial charge is 0.191 e. The number of hydrogen-bond acceptors (Lipinski definition) is 6. The summed E-state index contributed by atoms with van der Waals surface area (Å²) in [6, 6.07) is 9.74. The first-order valence-electron chi connectivity index (χ1n) is 6.47. The Bertz CT molecular complexity index is 600. The van der Waals surface area contributed by atoms with Gasteiger partial charge in [-0.1, -0.05) is 30.0 Å². The van der Waals surface area contributed by atoms with E-state index in [9.17, 15) is 0 Å². The molecule has 0 amide bonds. The average Bonchev–Trinajstić information content (AvgIpc) is 2.44. The number of nitrogens with zero attached hydrogens (tertiary/aromatic N) is 2. The number of thioether (sulfide) groups is 1. The van der Waals surface area contributed by atoms with Crippen LogP contribution in [0.2, 0.25) is 0 Å². The van der Waals surface area contributed by atoms with Gasteiger partial charge in [-0.3, -0.25) is 0 Å². The minimum absolute atomic E-state index is 0.410. The molecule has 1 aromatic carbocycles. The van der Waals surface area contributed by atoms with Crippen molar-refractivity contribution in [3.63, 3.8) is 0 Å². The predicted octanol–water partition coefficient (Wildman–Crippen LogP) is 2.30. The number of fused-ring (bicyclic) bond motifs is 1. The standard InChI is InChI=1S/C14H16N4OS/c15-12-7-13(16)18-14(17-12)20-8-9-5-6-19-11-4-2-1-3-10(9)11/h1-4,7,9H,5-6,8H2,(H4,15,16,17,18). The van der Waals surface area contributed by atoms with Crippen molar-refractivity contribution in [1.82, 2.24) is 9.97 Å². The van der Waals surface area contributed by atoms with Crippen molar-refractivity contribution < 1.29 is 4.74 Å². The van der Waals surface area contributed by atoms with Crippen LogP contribution < -0.4 is 16.2 Å². The maximum atomic E-state index is 5.68. The number of hydrogen-bond donors (Lipinski definition) is 2. The van der Waals surface area contributed by atoms with Gasteiger partial charge in [0.2, 0.25) is 0 Å². The van der Waals surface area contributed by atoms with E-state index >= 15 is 0 Å². The van der Waals surface area contributed by atoms with E-state index in [1.54, 1.807) is 17.8 Å². The molecule has 5 nitrogen and oxygen atoms in total. The second-order valence-corrected chi connectivity index (χ2v) is 5.67. The lowest BCUT2D eigenvalue weighted by Crippen LogP contribution is -2.16. The minimum atomic E-state index is 0.410. The van der Waals surface area contributed by atoms with Gasteiger partial charge < -0.3 is 16.2 Å². The molecule has 4 N–H and O–H groups in total. The van der Waals surface area contributed by atoms with Gasteiger partial charge >= 0.3 is 0 Å². The van der Waals surface area contributed by atoms with E-state index in [4.69, 9.17) is 16.2 Å². The number of rotatable bonds is 3. The highest BCUT2D eigenvalue weighted by Gasteiger charge is 2.21. The van der Waals surface area contributed by atoms with Crippen molar-refractivity contribution in [2.75, 3.05) is 23.8 Å². The van der Waals surface area contributed by atoms with Crippen molar-refractivity contribution in [2.45, 2.75) is 17.5 Å². The van der Waals surface area contributed by atoms with E-state index in [0.717, 1.165) is 24.5 Å². The molecule has 20 heavy (non-hydrogen) atoms. The summed E-state index contributed by atoms with van der Waals surface area (Å²) in [5.74, 6) is 3.14. The molecule has 2 heterocycles. The number of benzene rings is 1. The lowest BCUT2D eigenvalue weighted by Gasteiger charge is -2.25. The largest absolute Gasteiger partial charge is 0.493 e. The molecule has 1 atom stereocenters. The summed E-state index contributed by atoms with van der Waals surface area (Å²) >= 11 is 1.58. The highest BCUT2D eigenvalue weighted by Crippen LogP contribution is 2.36. The van der Waals surface area contributed by atoms with Crippen LogP contribution in [0.25, 0.3) is 0 Å². The molecule has 0 fully saturated rings. The van der Waals surface area contributed by atoms with E-state index in [-0.39, 0.29) is 0 Å². The Morgan fingerprint density at radius 1 is 1.20 bits per heavy atom. The Hall–Kier alpha value is -1.95. The SMILES string of the molecule is Nc1cc(N)nc(SCC2CCOc3ccccc32)n1. The second-order valence-electron chi connectivity index (χ2n) is 4.68. The lowest BCUT2D eigenvalue weighted by atomic mass is 9.95. The van der Waals surface area contributed by atoms with Gasteiger partial charge in [0.15, 0.2) is 5.16 Å². The summed E-state index contributed by atoms with van der Waals surface area (Å²) in [6.45, 7) is 0.752. The van der Waals surface area contributed by atoms with Gasteiger partial charge in [-0.25, -0.2) is 9.97 Å². The summed E-state index contributed by atoms with van der Waals surface area (Å²) in [4.78, 5) is 8.39. The monoisotopic (exact) mass is 288 g/mol. The molecule has 2 aromatic rings. The zero-order valence-corrected chi connectivity index (χ0v) is 11.8. The molecule has 0 saturated heterocycles. The van der Waals surface area contributed by atoms with Crippen LogP contribution in [0, 0.1) is 0 Å². The summed E-state index contributed by atoms with van der Waals surface area (Å²) in [7, 11) is 0. The molecule has 0 saturated carbocycles. The molecule has 6 heteroatoms. The summed E-state index contributed by atoms with van der Waals surface area (Å²) in [6.07, 6.45) is 1.00. The molecule has 3 rings (SSSR count). The van der Waals surface area contributed by atoms with Crippen LogP contribution in [0.3, 0.4) is 0 Å². The summed E-state index contributed by atoms with van der Waals surface area (Å²) in [5, 5.41) is 0.631. The number of para-hydroxylation sites is 1. The van der Waals surface area contributed by atoms with Gasteiger partial charge in [-0.2, -0.15) is 0 Å². The van der Waals surface area contributed by atoms with Gasteiger partial charge in [0, 0.05) is 17.7 Å². The molecular weight excluding hydrogens is 272 g/mol. The van der Waals surface area contributed by atoms with Crippen LogP contribution >= 0.6 is 11.8 Å². The maximum absolute atomic E-state index is 5.68. The maximum Gasteiger partial charge on any atom is 0.191 e. The first-order chi connectivity index (χ1) is 9.72. The topological polar surface area (TPSA) is 87.1 Å². The predicted molar refractivity (Wildman–Crippen MR) is 80.9 cm³/mol. The third kappa shape index (κ3) is 2.80. The average molecular weight is 288 g/mol. The minimum Gasteiger partial charge on any atom is -0.493 e. The zero-order chi connectivity index (χ0) is 13.9. The lowest BCUT2D eigenvalue weighted by molar-refractivity contribution is 0.273. The van der Waals surface area contributed by atoms with E-state index in [1.165, 1.54) is 5.56 Å². The van der Waals surface area contributed by atoms with Gasteiger partial charge in [-0.05, 0) is 18.1 Å². The molecule has 0 radical (unpaired) electrons. The zero-order valence-electron chi connectivity index (χ0n) is 11.0. The van der Waals surface area contributed by atoms with Crippen molar-refractivity contribution in [1.29, 1.82) is 0 Å². The Morgan fingerprint density at radius 3 is 2.75 bits per heavy atom. The first-order valence-corrected chi connectivity index (χ1v) is 7.45. The van der Waals surface area contributed by atoms with Crippen LogP contribution in [0.1, 0.15) is 17.9 Å². The summed E-state index contributed by atoms with van der Waals surface area (Å²) in [5.41, 5.74) is 12.6. The quantitative estimate of drug-likeness (QED) is 0.665. The van der Waals surface area contributed by atoms with Gasteiger partial charge in [0.25, 0.3) is 0 Å². The molecule has 104 valence electrons. The van der Waals surface area contributed by atoms with E-state index < -0.39 is 0 Å². The molecule has 1 aliphatic heterocycles.